The van der Waals surface area contributed by atoms with Gasteiger partial charge < -0.3 is 14.8 Å². The second-order valence-electron chi connectivity index (χ2n) is 5.53. The number of likely N-dealkylation sites (tertiary alicyclic amines) is 1. The summed E-state index contributed by atoms with van der Waals surface area (Å²) >= 11 is 0. The van der Waals surface area contributed by atoms with Gasteiger partial charge in [0.25, 0.3) is 5.91 Å². The molecule has 112 valence electrons. The Hall–Kier alpha value is -1.85. The van der Waals surface area contributed by atoms with Crippen molar-refractivity contribution in [3.05, 3.63) is 36.1 Å². The summed E-state index contributed by atoms with van der Waals surface area (Å²) in [6, 6.07) is 7.26. The highest BCUT2D eigenvalue weighted by atomic mass is 16.3. The summed E-state index contributed by atoms with van der Waals surface area (Å²) in [5.74, 6) is -0.0735. The Bertz CT molecular complexity index is 623. The van der Waals surface area contributed by atoms with Gasteiger partial charge in [-0.15, -0.1) is 0 Å². The van der Waals surface area contributed by atoms with Gasteiger partial charge in [0.05, 0.1) is 12.4 Å². The minimum Gasteiger partial charge on any atom is -0.464 e. The Labute approximate surface area is 123 Å². The Morgan fingerprint density at radius 2 is 2.33 bits per heavy atom. The Balaban J connectivity index is 1.51. The normalized spacial score (nSPS) is 19.8. The summed E-state index contributed by atoms with van der Waals surface area (Å²) in [6.45, 7) is 3.07. The average molecular weight is 288 g/mol. The molecule has 1 aromatic heterocycles. The maximum absolute atomic E-state index is 12.1. The van der Waals surface area contributed by atoms with Gasteiger partial charge in [-0.25, -0.2) is 0 Å². The quantitative estimate of drug-likeness (QED) is 0.897. The molecule has 1 aliphatic rings. The number of benzene rings is 1. The zero-order chi connectivity index (χ0) is 14.7. The van der Waals surface area contributed by atoms with Crippen molar-refractivity contribution in [1.82, 2.24) is 10.2 Å². The standard InChI is InChI=1S/C16H20N2O3/c19-14-2-1-7-18(11-14)8-6-17-16(20)13-3-4-15-12(10-13)5-9-21-15/h3-5,9-10,14,19H,1-2,6-8,11H2,(H,17,20). The minimum atomic E-state index is -0.224. The fourth-order valence-electron chi connectivity index (χ4n) is 2.77. The van der Waals surface area contributed by atoms with Crippen molar-refractivity contribution < 1.29 is 14.3 Å². The van der Waals surface area contributed by atoms with E-state index in [1.54, 1.807) is 12.3 Å². The van der Waals surface area contributed by atoms with E-state index in [9.17, 15) is 9.90 Å². The zero-order valence-corrected chi connectivity index (χ0v) is 11.9. The van der Waals surface area contributed by atoms with E-state index in [-0.39, 0.29) is 12.0 Å². The van der Waals surface area contributed by atoms with E-state index in [0.717, 1.165) is 36.9 Å². The lowest BCUT2D eigenvalue weighted by Gasteiger charge is -2.29. The number of furan rings is 1. The third kappa shape index (κ3) is 3.43. The van der Waals surface area contributed by atoms with Crippen LogP contribution in [0.1, 0.15) is 23.2 Å². The van der Waals surface area contributed by atoms with E-state index < -0.39 is 0 Å². The van der Waals surface area contributed by atoms with Crippen LogP contribution >= 0.6 is 0 Å². The van der Waals surface area contributed by atoms with Crippen LogP contribution in [0.5, 0.6) is 0 Å². The Morgan fingerprint density at radius 3 is 3.19 bits per heavy atom. The van der Waals surface area contributed by atoms with Crippen LogP contribution in [0.25, 0.3) is 11.0 Å². The van der Waals surface area contributed by atoms with Crippen LogP contribution < -0.4 is 5.32 Å². The number of β-amino-alcohol motifs (C(OH)–C–C–N with tert-alkyl or cyclic N) is 1. The summed E-state index contributed by atoms with van der Waals surface area (Å²) in [7, 11) is 0. The molecule has 3 rings (SSSR count). The predicted molar refractivity (Wildman–Crippen MR) is 80.2 cm³/mol. The summed E-state index contributed by atoms with van der Waals surface area (Å²) < 4.78 is 5.26. The summed E-state index contributed by atoms with van der Waals surface area (Å²) in [5.41, 5.74) is 1.43. The van der Waals surface area contributed by atoms with E-state index in [1.165, 1.54) is 0 Å². The number of carbonyl (C=O) groups is 1. The number of amides is 1. The molecule has 2 aromatic rings. The smallest absolute Gasteiger partial charge is 0.251 e. The second kappa shape index (κ2) is 6.28. The molecule has 0 spiro atoms. The SMILES string of the molecule is O=C(NCCN1CCCC(O)C1)c1ccc2occc2c1. The zero-order valence-electron chi connectivity index (χ0n) is 11.9. The van der Waals surface area contributed by atoms with Crippen molar-refractivity contribution in [3.8, 4) is 0 Å². The first-order chi connectivity index (χ1) is 10.2. The Morgan fingerprint density at radius 1 is 1.43 bits per heavy atom. The molecule has 0 radical (unpaired) electrons. The van der Waals surface area contributed by atoms with Gasteiger partial charge in [0.2, 0.25) is 0 Å². The molecule has 0 saturated carbocycles. The molecule has 1 atom stereocenters. The lowest BCUT2D eigenvalue weighted by atomic mass is 10.1. The third-order valence-electron chi connectivity index (χ3n) is 3.91. The van der Waals surface area contributed by atoms with Crippen molar-refractivity contribution >= 4 is 16.9 Å². The monoisotopic (exact) mass is 288 g/mol. The van der Waals surface area contributed by atoms with Crippen LogP contribution in [-0.4, -0.2) is 48.2 Å². The molecule has 2 N–H and O–H groups in total. The lowest BCUT2D eigenvalue weighted by molar-refractivity contribution is 0.0703. The van der Waals surface area contributed by atoms with Gasteiger partial charge in [-0.05, 0) is 43.7 Å². The summed E-state index contributed by atoms with van der Waals surface area (Å²) in [5, 5.41) is 13.5. The van der Waals surface area contributed by atoms with Crippen LogP contribution in [0.15, 0.2) is 34.9 Å². The molecule has 1 saturated heterocycles. The van der Waals surface area contributed by atoms with E-state index >= 15 is 0 Å². The van der Waals surface area contributed by atoms with Crippen molar-refractivity contribution in [2.24, 2.45) is 0 Å². The first-order valence-corrected chi connectivity index (χ1v) is 7.38. The molecule has 5 heteroatoms. The number of nitrogens with one attached hydrogen (secondary N) is 1. The van der Waals surface area contributed by atoms with Crippen molar-refractivity contribution in [3.63, 3.8) is 0 Å². The van der Waals surface area contributed by atoms with E-state index in [1.807, 2.05) is 18.2 Å². The fourth-order valence-corrected chi connectivity index (χ4v) is 2.77. The van der Waals surface area contributed by atoms with Crippen LogP contribution in [0.2, 0.25) is 0 Å². The van der Waals surface area contributed by atoms with Crippen LogP contribution in [0.4, 0.5) is 0 Å². The molecular formula is C16H20N2O3. The number of carbonyl (C=O) groups excluding carboxylic acids is 1. The number of rotatable bonds is 4. The molecule has 1 unspecified atom stereocenters. The van der Waals surface area contributed by atoms with Gasteiger partial charge in [0.1, 0.15) is 5.58 Å². The first-order valence-electron chi connectivity index (χ1n) is 7.38. The number of piperidine rings is 1. The van der Waals surface area contributed by atoms with E-state index in [2.05, 4.69) is 10.2 Å². The van der Waals surface area contributed by atoms with Crippen molar-refractivity contribution in [2.45, 2.75) is 18.9 Å². The molecule has 1 fully saturated rings. The number of aliphatic hydroxyl groups is 1. The molecule has 1 aromatic carbocycles. The van der Waals surface area contributed by atoms with Gasteiger partial charge in [0, 0.05) is 30.6 Å². The van der Waals surface area contributed by atoms with Crippen LogP contribution in [0, 0.1) is 0 Å². The fraction of sp³-hybridized carbons (Fsp3) is 0.438. The Kier molecular flexibility index (Phi) is 4.22. The molecule has 5 nitrogen and oxygen atoms in total. The molecule has 0 bridgehead atoms. The van der Waals surface area contributed by atoms with Crippen molar-refractivity contribution in [2.75, 3.05) is 26.2 Å². The van der Waals surface area contributed by atoms with Gasteiger partial charge in [0.15, 0.2) is 0 Å². The number of hydrogen-bond acceptors (Lipinski definition) is 4. The highest BCUT2D eigenvalue weighted by Gasteiger charge is 2.17. The largest absolute Gasteiger partial charge is 0.464 e. The van der Waals surface area contributed by atoms with Gasteiger partial charge in [-0.2, -0.15) is 0 Å². The number of fused-ring (bicyclic) bond motifs is 1. The third-order valence-corrected chi connectivity index (χ3v) is 3.91. The van der Waals surface area contributed by atoms with Gasteiger partial charge >= 0.3 is 0 Å². The lowest BCUT2D eigenvalue weighted by Crippen LogP contribution is -2.42. The molecular weight excluding hydrogens is 268 g/mol. The molecule has 21 heavy (non-hydrogen) atoms. The molecule has 2 heterocycles. The maximum atomic E-state index is 12.1. The summed E-state index contributed by atoms with van der Waals surface area (Å²) in [4.78, 5) is 14.3. The number of aliphatic hydroxyl groups excluding tert-OH is 1. The van der Waals surface area contributed by atoms with E-state index in [4.69, 9.17) is 4.42 Å². The second-order valence-corrected chi connectivity index (χ2v) is 5.53. The summed E-state index contributed by atoms with van der Waals surface area (Å²) in [6.07, 6.45) is 3.30. The first kappa shape index (κ1) is 14.1. The minimum absolute atomic E-state index is 0.0735. The molecule has 1 amide bonds. The van der Waals surface area contributed by atoms with Crippen LogP contribution in [0.3, 0.4) is 0 Å². The molecule has 0 aliphatic carbocycles. The number of hydrogen-bond donors (Lipinski definition) is 2. The van der Waals surface area contributed by atoms with Crippen molar-refractivity contribution in [1.29, 1.82) is 0 Å². The highest BCUT2D eigenvalue weighted by Crippen LogP contribution is 2.16. The van der Waals surface area contributed by atoms with Crippen LogP contribution in [-0.2, 0) is 0 Å². The molecule has 1 aliphatic heterocycles. The predicted octanol–water partition coefficient (Wildman–Crippen LogP) is 1.62. The van der Waals surface area contributed by atoms with E-state index in [0.29, 0.717) is 18.7 Å². The number of nitrogens with zero attached hydrogens (tertiary/aromatic N) is 1. The van der Waals surface area contributed by atoms with Gasteiger partial charge in [-0.1, -0.05) is 0 Å². The topological polar surface area (TPSA) is 65.7 Å². The highest BCUT2D eigenvalue weighted by molar-refractivity contribution is 5.97. The average Bonchev–Trinajstić information content (AvgIpc) is 2.94. The van der Waals surface area contributed by atoms with Gasteiger partial charge in [-0.3, -0.25) is 9.69 Å². The maximum Gasteiger partial charge on any atom is 0.251 e.